The third kappa shape index (κ3) is 2.52. The highest BCUT2D eigenvalue weighted by molar-refractivity contribution is 5.96. The highest BCUT2D eigenvalue weighted by atomic mass is 16.5. The molecule has 1 fully saturated rings. The number of benzene rings is 1. The maximum Gasteiger partial charge on any atom is 0.255 e. The van der Waals surface area contributed by atoms with E-state index in [9.17, 15) is 4.79 Å². The van der Waals surface area contributed by atoms with Crippen molar-refractivity contribution in [1.29, 1.82) is 5.26 Å². The van der Waals surface area contributed by atoms with E-state index in [4.69, 9.17) is 10.00 Å². The van der Waals surface area contributed by atoms with Crippen LogP contribution in [0.15, 0.2) is 24.3 Å². The maximum atomic E-state index is 12.2. The van der Waals surface area contributed by atoms with Gasteiger partial charge < -0.3 is 9.64 Å². The first kappa shape index (κ1) is 12.6. The lowest BCUT2D eigenvalue weighted by molar-refractivity contribution is -0.128. The fraction of sp³-hybridized carbons (Fsp3) is 0.429. The van der Waals surface area contributed by atoms with E-state index in [1.807, 2.05) is 13.0 Å². The van der Waals surface area contributed by atoms with Crippen LogP contribution in [0.1, 0.15) is 25.3 Å². The summed E-state index contributed by atoms with van der Waals surface area (Å²) in [6.45, 7) is 1.98. The van der Waals surface area contributed by atoms with Gasteiger partial charge in [0.1, 0.15) is 6.10 Å². The summed E-state index contributed by atoms with van der Waals surface area (Å²) >= 11 is 0. The molecule has 4 nitrogen and oxygen atoms in total. The maximum absolute atomic E-state index is 12.2. The Morgan fingerprint density at radius 2 is 2.28 bits per heavy atom. The molecule has 1 saturated heterocycles. The van der Waals surface area contributed by atoms with Crippen LogP contribution >= 0.6 is 0 Å². The van der Waals surface area contributed by atoms with E-state index in [0.29, 0.717) is 5.56 Å². The smallest absolute Gasteiger partial charge is 0.255 e. The van der Waals surface area contributed by atoms with Crippen molar-refractivity contribution in [3.63, 3.8) is 0 Å². The van der Waals surface area contributed by atoms with Crippen LogP contribution in [0.25, 0.3) is 0 Å². The lowest BCUT2D eigenvalue weighted by Crippen LogP contribution is -2.36. The number of nitriles is 1. The molecule has 0 radical (unpaired) electrons. The highest BCUT2D eigenvalue weighted by Gasteiger charge is 2.30. The molecule has 1 aromatic carbocycles. The summed E-state index contributed by atoms with van der Waals surface area (Å²) < 4.78 is 5.57. The Morgan fingerprint density at radius 1 is 1.50 bits per heavy atom. The van der Waals surface area contributed by atoms with Gasteiger partial charge in [0, 0.05) is 12.7 Å². The Bertz CT molecular complexity index is 493. The number of carbonyl (C=O) groups is 1. The van der Waals surface area contributed by atoms with E-state index in [1.165, 1.54) is 0 Å². The van der Waals surface area contributed by atoms with E-state index in [2.05, 4.69) is 6.07 Å². The molecular formula is C14H16N2O2. The standard InChI is InChI=1S/C14H16N2O2/c1-10-6-7-13(18-10)14(17)16(2)12-5-3-4-11(8-12)9-15/h3-5,8,10,13H,6-7H2,1-2H3. The summed E-state index contributed by atoms with van der Waals surface area (Å²) in [4.78, 5) is 13.8. The van der Waals surface area contributed by atoms with Crippen LogP contribution in [-0.2, 0) is 9.53 Å². The Labute approximate surface area is 107 Å². The molecule has 4 heteroatoms. The van der Waals surface area contributed by atoms with Gasteiger partial charge in [-0.25, -0.2) is 0 Å². The number of anilines is 1. The van der Waals surface area contributed by atoms with E-state index < -0.39 is 0 Å². The van der Waals surface area contributed by atoms with E-state index in [0.717, 1.165) is 18.5 Å². The first-order valence-corrected chi connectivity index (χ1v) is 6.05. The van der Waals surface area contributed by atoms with Crippen molar-refractivity contribution in [2.45, 2.75) is 32.0 Å². The van der Waals surface area contributed by atoms with Crippen LogP contribution in [-0.4, -0.2) is 25.2 Å². The van der Waals surface area contributed by atoms with Crippen molar-refractivity contribution in [3.05, 3.63) is 29.8 Å². The molecule has 94 valence electrons. The van der Waals surface area contributed by atoms with Gasteiger partial charge in [-0.1, -0.05) is 6.07 Å². The Kier molecular flexibility index (Phi) is 3.63. The number of nitrogens with zero attached hydrogens (tertiary/aromatic N) is 2. The Balaban J connectivity index is 2.13. The van der Waals surface area contributed by atoms with Crippen LogP contribution in [0.3, 0.4) is 0 Å². The highest BCUT2D eigenvalue weighted by Crippen LogP contribution is 2.23. The van der Waals surface area contributed by atoms with E-state index in [1.54, 1.807) is 30.1 Å². The normalized spacial score (nSPS) is 22.5. The van der Waals surface area contributed by atoms with Crippen molar-refractivity contribution in [1.82, 2.24) is 0 Å². The molecule has 2 atom stereocenters. The lowest BCUT2D eigenvalue weighted by atomic mass is 10.1. The number of amides is 1. The van der Waals surface area contributed by atoms with Crippen molar-refractivity contribution in [3.8, 4) is 6.07 Å². The van der Waals surface area contributed by atoms with E-state index >= 15 is 0 Å². The second-order valence-corrected chi connectivity index (χ2v) is 4.57. The Hall–Kier alpha value is -1.86. The number of rotatable bonds is 2. The van der Waals surface area contributed by atoms with Gasteiger partial charge in [-0.3, -0.25) is 4.79 Å². The molecular weight excluding hydrogens is 228 g/mol. The fourth-order valence-electron chi connectivity index (χ4n) is 2.11. The quantitative estimate of drug-likeness (QED) is 0.800. The zero-order valence-electron chi connectivity index (χ0n) is 10.6. The number of carbonyl (C=O) groups excluding carboxylic acids is 1. The van der Waals surface area contributed by atoms with Crippen LogP contribution < -0.4 is 4.90 Å². The molecule has 0 saturated carbocycles. The first-order valence-electron chi connectivity index (χ1n) is 6.05. The summed E-state index contributed by atoms with van der Waals surface area (Å²) in [5.74, 6) is -0.0468. The predicted molar refractivity (Wildman–Crippen MR) is 68.1 cm³/mol. The molecule has 2 rings (SSSR count). The number of hydrogen-bond acceptors (Lipinski definition) is 3. The molecule has 1 heterocycles. The minimum Gasteiger partial charge on any atom is -0.365 e. The van der Waals surface area contributed by atoms with Crippen molar-refractivity contribution in [2.24, 2.45) is 0 Å². The molecule has 0 aliphatic carbocycles. The van der Waals surface area contributed by atoms with Gasteiger partial charge in [-0.05, 0) is 38.0 Å². The second kappa shape index (κ2) is 5.19. The summed E-state index contributed by atoms with van der Waals surface area (Å²) in [6, 6.07) is 9.08. The van der Waals surface area contributed by atoms with Crippen LogP contribution in [0.4, 0.5) is 5.69 Å². The SMILES string of the molecule is CC1CCC(C(=O)N(C)c2cccc(C#N)c2)O1. The average Bonchev–Trinajstić information content (AvgIpc) is 2.83. The molecule has 0 aromatic heterocycles. The van der Waals surface area contributed by atoms with Gasteiger partial charge in [0.2, 0.25) is 0 Å². The molecule has 18 heavy (non-hydrogen) atoms. The average molecular weight is 244 g/mol. The number of ether oxygens (including phenoxy) is 1. The minimum absolute atomic E-state index is 0.0468. The zero-order chi connectivity index (χ0) is 13.1. The van der Waals surface area contributed by atoms with Gasteiger partial charge in [-0.15, -0.1) is 0 Å². The van der Waals surface area contributed by atoms with Crippen molar-refractivity contribution < 1.29 is 9.53 Å². The topological polar surface area (TPSA) is 53.3 Å². The molecule has 1 aromatic rings. The zero-order valence-corrected chi connectivity index (χ0v) is 10.6. The molecule has 1 aliphatic rings. The van der Waals surface area contributed by atoms with E-state index in [-0.39, 0.29) is 18.1 Å². The number of hydrogen-bond donors (Lipinski definition) is 0. The summed E-state index contributed by atoms with van der Waals surface area (Å²) in [7, 11) is 1.71. The monoisotopic (exact) mass is 244 g/mol. The van der Waals surface area contributed by atoms with Crippen LogP contribution in [0, 0.1) is 11.3 Å². The summed E-state index contributed by atoms with van der Waals surface area (Å²) in [5, 5.41) is 8.85. The summed E-state index contributed by atoms with van der Waals surface area (Å²) in [5.41, 5.74) is 1.27. The van der Waals surface area contributed by atoms with Gasteiger partial charge in [0.15, 0.2) is 0 Å². The van der Waals surface area contributed by atoms with Crippen LogP contribution in [0.5, 0.6) is 0 Å². The molecule has 0 spiro atoms. The van der Waals surface area contributed by atoms with Gasteiger partial charge in [-0.2, -0.15) is 5.26 Å². The van der Waals surface area contributed by atoms with Crippen LogP contribution in [0.2, 0.25) is 0 Å². The second-order valence-electron chi connectivity index (χ2n) is 4.57. The third-order valence-corrected chi connectivity index (χ3v) is 3.20. The van der Waals surface area contributed by atoms with Gasteiger partial charge >= 0.3 is 0 Å². The molecule has 1 amide bonds. The minimum atomic E-state index is -0.351. The Morgan fingerprint density at radius 3 is 2.89 bits per heavy atom. The lowest BCUT2D eigenvalue weighted by Gasteiger charge is -2.21. The fourth-order valence-corrected chi connectivity index (χ4v) is 2.11. The predicted octanol–water partition coefficient (Wildman–Crippen LogP) is 2.09. The third-order valence-electron chi connectivity index (χ3n) is 3.20. The van der Waals surface area contributed by atoms with Crippen molar-refractivity contribution >= 4 is 11.6 Å². The molecule has 1 aliphatic heterocycles. The summed E-state index contributed by atoms with van der Waals surface area (Å²) in [6.07, 6.45) is 1.48. The molecule has 0 N–H and O–H groups in total. The first-order chi connectivity index (χ1) is 8.61. The van der Waals surface area contributed by atoms with Crippen molar-refractivity contribution in [2.75, 3.05) is 11.9 Å². The van der Waals surface area contributed by atoms with Gasteiger partial charge in [0.05, 0.1) is 17.7 Å². The molecule has 0 bridgehead atoms. The largest absolute Gasteiger partial charge is 0.365 e. The number of likely N-dealkylation sites (N-methyl/N-ethyl adjacent to an activating group) is 1. The van der Waals surface area contributed by atoms with Gasteiger partial charge in [0.25, 0.3) is 5.91 Å². The molecule has 2 unspecified atom stereocenters.